The quantitative estimate of drug-likeness (QED) is 0.625. The zero-order valence-electron chi connectivity index (χ0n) is 15.2. The molecule has 0 aliphatic carbocycles. The zero-order chi connectivity index (χ0) is 18.4. The number of rotatable bonds is 6. The molecule has 0 saturated carbocycles. The number of hydrogen-bond donors (Lipinski definition) is 1. The van der Waals surface area contributed by atoms with Crippen LogP contribution in [-0.4, -0.2) is 66.3 Å². The summed E-state index contributed by atoms with van der Waals surface area (Å²) in [5, 5.41) is 3.26. The van der Waals surface area contributed by atoms with Crippen LogP contribution in [0.25, 0.3) is 0 Å². The first kappa shape index (κ1) is 19.6. The fraction of sp³-hybridized carbons (Fsp3) is 0.706. The van der Waals surface area contributed by atoms with Crippen molar-refractivity contribution in [1.29, 1.82) is 0 Å². The minimum absolute atomic E-state index is 0.180. The van der Waals surface area contributed by atoms with Gasteiger partial charge in [-0.2, -0.15) is 13.2 Å². The Labute approximate surface area is 147 Å². The van der Waals surface area contributed by atoms with E-state index >= 15 is 0 Å². The SMILES string of the molecule is CCNC(=NCC1CCN(CC(F)(F)F)C1)N(C)Cc1cccn1C. The smallest absolute Gasteiger partial charge is 0.357 e. The van der Waals surface area contributed by atoms with Crippen LogP contribution in [0.15, 0.2) is 23.3 Å². The summed E-state index contributed by atoms with van der Waals surface area (Å²) >= 11 is 0. The molecule has 1 aliphatic heterocycles. The van der Waals surface area contributed by atoms with E-state index in [4.69, 9.17) is 0 Å². The lowest BCUT2D eigenvalue weighted by Gasteiger charge is -2.23. The predicted octanol–water partition coefficient (Wildman–Crippen LogP) is 2.31. The van der Waals surface area contributed by atoms with E-state index in [0.29, 0.717) is 19.6 Å². The number of likely N-dealkylation sites (tertiary alicyclic amines) is 1. The van der Waals surface area contributed by atoms with Gasteiger partial charge in [-0.25, -0.2) is 0 Å². The summed E-state index contributed by atoms with van der Waals surface area (Å²) in [6.07, 6.45) is -1.36. The Morgan fingerprint density at radius 3 is 2.80 bits per heavy atom. The maximum absolute atomic E-state index is 12.5. The highest BCUT2D eigenvalue weighted by Gasteiger charge is 2.34. The molecule has 25 heavy (non-hydrogen) atoms. The summed E-state index contributed by atoms with van der Waals surface area (Å²) in [5.74, 6) is 0.970. The molecular formula is C17H28F3N5. The average molecular weight is 359 g/mol. The highest BCUT2D eigenvalue weighted by Crippen LogP contribution is 2.22. The first-order valence-electron chi connectivity index (χ1n) is 8.67. The van der Waals surface area contributed by atoms with E-state index in [1.54, 1.807) is 0 Å². The Kier molecular flexibility index (Phi) is 6.75. The van der Waals surface area contributed by atoms with Crippen LogP contribution in [0.3, 0.4) is 0 Å². The van der Waals surface area contributed by atoms with Crippen molar-refractivity contribution in [3.8, 4) is 0 Å². The number of aryl methyl sites for hydroxylation is 1. The predicted molar refractivity (Wildman–Crippen MR) is 93.5 cm³/mol. The average Bonchev–Trinajstić information content (AvgIpc) is 3.11. The number of alkyl halides is 3. The third-order valence-corrected chi connectivity index (χ3v) is 4.42. The third kappa shape index (κ3) is 6.26. The van der Waals surface area contributed by atoms with Crippen molar-refractivity contribution >= 4 is 5.96 Å². The Hall–Kier alpha value is -1.70. The van der Waals surface area contributed by atoms with Crippen LogP contribution in [0.5, 0.6) is 0 Å². The molecule has 2 rings (SSSR count). The topological polar surface area (TPSA) is 35.8 Å². The second-order valence-electron chi connectivity index (χ2n) is 6.67. The molecule has 1 aromatic rings. The fourth-order valence-corrected chi connectivity index (χ4v) is 3.12. The monoisotopic (exact) mass is 359 g/mol. The number of aromatic nitrogens is 1. The van der Waals surface area contributed by atoms with Gasteiger partial charge < -0.3 is 14.8 Å². The molecule has 8 heteroatoms. The molecule has 0 amide bonds. The minimum atomic E-state index is -4.12. The second-order valence-corrected chi connectivity index (χ2v) is 6.67. The van der Waals surface area contributed by atoms with Crippen LogP contribution < -0.4 is 5.32 Å². The fourth-order valence-electron chi connectivity index (χ4n) is 3.12. The third-order valence-electron chi connectivity index (χ3n) is 4.42. The summed E-state index contributed by atoms with van der Waals surface area (Å²) in [4.78, 5) is 8.17. The van der Waals surface area contributed by atoms with Gasteiger partial charge in [-0.05, 0) is 37.9 Å². The molecule has 0 spiro atoms. The van der Waals surface area contributed by atoms with Crippen molar-refractivity contribution < 1.29 is 13.2 Å². The lowest BCUT2D eigenvalue weighted by Crippen LogP contribution is -2.39. The van der Waals surface area contributed by atoms with Gasteiger partial charge in [0.15, 0.2) is 5.96 Å². The van der Waals surface area contributed by atoms with Gasteiger partial charge in [0, 0.05) is 45.6 Å². The van der Waals surface area contributed by atoms with Crippen molar-refractivity contribution in [2.24, 2.45) is 18.0 Å². The summed E-state index contributed by atoms with van der Waals surface area (Å²) in [6.45, 7) is 4.17. The molecule has 1 N–H and O–H groups in total. The van der Waals surface area contributed by atoms with Gasteiger partial charge in [-0.15, -0.1) is 0 Å². The van der Waals surface area contributed by atoms with Gasteiger partial charge in [0.1, 0.15) is 0 Å². The molecular weight excluding hydrogens is 331 g/mol. The van der Waals surface area contributed by atoms with Crippen molar-refractivity contribution in [2.75, 3.05) is 39.8 Å². The lowest BCUT2D eigenvalue weighted by molar-refractivity contribution is -0.143. The molecule has 1 atom stereocenters. The lowest BCUT2D eigenvalue weighted by atomic mass is 10.1. The van der Waals surface area contributed by atoms with Gasteiger partial charge in [0.05, 0.1) is 13.1 Å². The highest BCUT2D eigenvalue weighted by atomic mass is 19.4. The maximum atomic E-state index is 12.5. The summed E-state index contributed by atoms with van der Waals surface area (Å²) in [6, 6.07) is 4.06. The van der Waals surface area contributed by atoms with Gasteiger partial charge in [0.2, 0.25) is 0 Å². The molecule has 142 valence electrons. The number of halogens is 3. The first-order chi connectivity index (χ1) is 11.8. The number of nitrogens with one attached hydrogen (secondary N) is 1. The second kappa shape index (κ2) is 8.60. The Morgan fingerprint density at radius 1 is 1.44 bits per heavy atom. The van der Waals surface area contributed by atoms with Gasteiger partial charge in [0.25, 0.3) is 0 Å². The summed E-state index contributed by atoms with van der Waals surface area (Å²) in [7, 11) is 3.97. The van der Waals surface area contributed by atoms with E-state index in [1.807, 2.05) is 38.2 Å². The standard InChI is InChI=1S/C17H28F3N5/c1-4-21-16(24(3)12-15-6-5-8-23(15)2)22-10-14-7-9-25(11-14)13-17(18,19)20/h5-6,8,14H,4,7,9-13H2,1-3H3,(H,21,22). The van der Waals surface area contributed by atoms with Crippen LogP contribution in [0.4, 0.5) is 13.2 Å². The van der Waals surface area contributed by atoms with Crippen molar-refractivity contribution in [3.05, 3.63) is 24.0 Å². The van der Waals surface area contributed by atoms with Gasteiger partial charge in [-0.3, -0.25) is 9.89 Å². The minimum Gasteiger partial charge on any atom is -0.357 e. The summed E-state index contributed by atoms with van der Waals surface area (Å²) < 4.78 is 39.5. The zero-order valence-corrected chi connectivity index (χ0v) is 15.2. The molecule has 1 unspecified atom stereocenters. The highest BCUT2D eigenvalue weighted by molar-refractivity contribution is 5.79. The molecule has 0 bridgehead atoms. The van der Waals surface area contributed by atoms with Crippen molar-refractivity contribution in [1.82, 2.24) is 19.7 Å². The van der Waals surface area contributed by atoms with E-state index in [0.717, 1.165) is 25.5 Å². The van der Waals surface area contributed by atoms with E-state index < -0.39 is 12.7 Å². The van der Waals surface area contributed by atoms with E-state index in [1.165, 1.54) is 10.6 Å². The number of aliphatic imine (C=N–C) groups is 1. The van der Waals surface area contributed by atoms with Crippen LogP contribution in [0, 0.1) is 5.92 Å². The molecule has 0 aromatic carbocycles. The van der Waals surface area contributed by atoms with Crippen LogP contribution in [0.2, 0.25) is 0 Å². The normalized spacial score (nSPS) is 19.4. The summed E-state index contributed by atoms with van der Waals surface area (Å²) in [5.41, 5.74) is 1.17. The molecule has 1 saturated heterocycles. The van der Waals surface area contributed by atoms with Gasteiger partial charge in [-0.1, -0.05) is 0 Å². The molecule has 1 aromatic heterocycles. The molecule has 0 radical (unpaired) electrons. The Morgan fingerprint density at radius 2 is 2.20 bits per heavy atom. The van der Waals surface area contributed by atoms with E-state index in [2.05, 4.69) is 20.9 Å². The van der Waals surface area contributed by atoms with Crippen molar-refractivity contribution in [3.63, 3.8) is 0 Å². The first-order valence-corrected chi connectivity index (χ1v) is 8.67. The largest absolute Gasteiger partial charge is 0.401 e. The van der Waals surface area contributed by atoms with E-state index in [9.17, 15) is 13.2 Å². The van der Waals surface area contributed by atoms with Crippen molar-refractivity contribution in [2.45, 2.75) is 26.1 Å². The van der Waals surface area contributed by atoms with Crippen LogP contribution in [-0.2, 0) is 13.6 Å². The molecule has 2 heterocycles. The maximum Gasteiger partial charge on any atom is 0.401 e. The number of guanidine groups is 1. The molecule has 5 nitrogen and oxygen atoms in total. The van der Waals surface area contributed by atoms with Crippen LogP contribution >= 0.6 is 0 Å². The number of hydrogen-bond acceptors (Lipinski definition) is 2. The molecule has 1 fully saturated rings. The van der Waals surface area contributed by atoms with Crippen LogP contribution in [0.1, 0.15) is 19.0 Å². The Balaban J connectivity index is 1.90. The van der Waals surface area contributed by atoms with Gasteiger partial charge >= 0.3 is 6.18 Å². The Bertz CT molecular complexity index is 567. The molecule has 1 aliphatic rings. The number of nitrogens with zero attached hydrogens (tertiary/aromatic N) is 4. The van der Waals surface area contributed by atoms with E-state index in [-0.39, 0.29) is 5.92 Å².